The molecule has 1 N–H and O–H groups in total. The van der Waals surface area contributed by atoms with Crippen molar-refractivity contribution in [3.8, 4) is 0 Å². The predicted molar refractivity (Wildman–Crippen MR) is 84.0 cm³/mol. The molecule has 0 unspecified atom stereocenters. The lowest BCUT2D eigenvalue weighted by molar-refractivity contribution is 0.143. The van der Waals surface area contributed by atoms with Gasteiger partial charge in [0, 0.05) is 18.7 Å². The Labute approximate surface area is 127 Å². The molecule has 116 valence electrons. The Morgan fingerprint density at radius 3 is 2.38 bits per heavy atom. The molecule has 2 aliphatic rings. The Morgan fingerprint density at radius 1 is 1.10 bits per heavy atom. The molecule has 1 aromatic carbocycles. The molecule has 0 bridgehead atoms. The summed E-state index contributed by atoms with van der Waals surface area (Å²) in [5.74, 6) is -0.201. The SMILES string of the molecule is C[C@H](O)c1cccc(F)c1N1CCC2(CCCCC2)CC1. The molecule has 2 nitrogen and oxygen atoms in total. The van der Waals surface area contributed by atoms with E-state index in [0.29, 0.717) is 11.1 Å². The van der Waals surface area contributed by atoms with E-state index in [2.05, 4.69) is 4.90 Å². The van der Waals surface area contributed by atoms with Crippen LogP contribution in [-0.2, 0) is 0 Å². The van der Waals surface area contributed by atoms with E-state index < -0.39 is 6.10 Å². The third-order valence-electron chi connectivity index (χ3n) is 5.52. The minimum Gasteiger partial charge on any atom is -0.389 e. The van der Waals surface area contributed by atoms with Crippen molar-refractivity contribution < 1.29 is 9.50 Å². The minimum atomic E-state index is -0.624. The second kappa shape index (κ2) is 5.96. The van der Waals surface area contributed by atoms with Gasteiger partial charge in [-0.1, -0.05) is 31.4 Å². The van der Waals surface area contributed by atoms with Gasteiger partial charge in [0.1, 0.15) is 5.82 Å². The number of piperidine rings is 1. The fourth-order valence-corrected chi connectivity index (χ4v) is 4.21. The predicted octanol–water partition coefficient (Wildman–Crippen LogP) is 4.43. The molecule has 2 fully saturated rings. The van der Waals surface area contributed by atoms with Gasteiger partial charge >= 0.3 is 0 Å². The standard InChI is InChI=1S/C18H26FNO/c1-14(21)15-6-5-7-16(19)17(15)20-12-10-18(11-13-20)8-3-2-4-9-18/h5-7,14,21H,2-4,8-13H2,1H3/t14-/m0/s1. The van der Waals surface area contributed by atoms with Crippen LogP contribution in [0.4, 0.5) is 10.1 Å². The lowest BCUT2D eigenvalue weighted by Crippen LogP contribution is -2.41. The maximum atomic E-state index is 14.3. The first-order chi connectivity index (χ1) is 10.1. The van der Waals surface area contributed by atoms with Crippen LogP contribution >= 0.6 is 0 Å². The summed E-state index contributed by atoms with van der Waals surface area (Å²) in [7, 11) is 0. The van der Waals surface area contributed by atoms with Gasteiger partial charge in [0.2, 0.25) is 0 Å². The minimum absolute atomic E-state index is 0.201. The lowest BCUT2D eigenvalue weighted by atomic mass is 9.68. The normalized spacial score (nSPS) is 23.3. The van der Waals surface area contributed by atoms with Gasteiger partial charge in [0.15, 0.2) is 0 Å². The summed E-state index contributed by atoms with van der Waals surface area (Å²) >= 11 is 0. The molecule has 1 atom stereocenters. The molecule has 3 rings (SSSR count). The van der Waals surface area contributed by atoms with Crippen LogP contribution in [0.25, 0.3) is 0 Å². The molecular formula is C18H26FNO. The van der Waals surface area contributed by atoms with Crippen molar-refractivity contribution in [1.29, 1.82) is 0 Å². The van der Waals surface area contributed by atoms with Crippen LogP contribution in [0, 0.1) is 11.2 Å². The highest BCUT2D eigenvalue weighted by atomic mass is 19.1. The largest absolute Gasteiger partial charge is 0.389 e. The van der Waals surface area contributed by atoms with E-state index >= 15 is 0 Å². The molecule has 1 heterocycles. The van der Waals surface area contributed by atoms with Crippen LogP contribution in [0.15, 0.2) is 18.2 Å². The molecular weight excluding hydrogens is 265 g/mol. The summed E-state index contributed by atoms with van der Waals surface area (Å²) in [4.78, 5) is 2.15. The summed E-state index contributed by atoms with van der Waals surface area (Å²) in [6.07, 6.45) is 8.51. The fraction of sp³-hybridized carbons (Fsp3) is 0.667. The maximum absolute atomic E-state index is 14.3. The second-order valence-corrected chi connectivity index (χ2v) is 6.90. The molecule has 1 saturated heterocycles. The molecule has 0 radical (unpaired) electrons. The van der Waals surface area contributed by atoms with E-state index in [9.17, 15) is 9.50 Å². The third kappa shape index (κ3) is 2.94. The smallest absolute Gasteiger partial charge is 0.146 e. The van der Waals surface area contributed by atoms with Gasteiger partial charge < -0.3 is 10.0 Å². The molecule has 1 aromatic rings. The zero-order valence-electron chi connectivity index (χ0n) is 12.9. The van der Waals surface area contributed by atoms with E-state index in [0.717, 1.165) is 18.7 Å². The van der Waals surface area contributed by atoms with Crippen LogP contribution in [-0.4, -0.2) is 18.2 Å². The van der Waals surface area contributed by atoms with Crippen LogP contribution in [0.5, 0.6) is 0 Å². The van der Waals surface area contributed by atoms with Crippen molar-refractivity contribution in [2.45, 2.75) is 58.0 Å². The number of aliphatic hydroxyl groups excluding tert-OH is 1. The Morgan fingerprint density at radius 2 is 1.76 bits per heavy atom. The zero-order chi connectivity index (χ0) is 14.9. The zero-order valence-corrected chi connectivity index (χ0v) is 12.9. The number of para-hydroxylation sites is 1. The van der Waals surface area contributed by atoms with Crippen LogP contribution in [0.1, 0.15) is 63.5 Å². The highest BCUT2D eigenvalue weighted by Crippen LogP contribution is 2.45. The molecule has 1 aliphatic carbocycles. The highest BCUT2D eigenvalue weighted by Gasteiger charge is 2.36. The molecule has 0 amide bonds. The molecule has 1 saturated carbocycles. The van der Waals surface area contributed by atoms with Gasteiger partial charge in [0.05, 0.1) is 11.8 Å². The monoisotopic (exact) mass is 291 g/mol. The number of benzene rings is 1. The van der Waals surface area contributed by atoms with Crippen molar-refractivity contribution in [3.63, 3.8) is 0 Å². The number of hydrogen-bond donors (Lipinski definition) is 1. The second-order valence-electron chi connectivity index (χ2n) is 6.90. The number of rotatable bonds is 2. The lowest BCUT2D eigenvalue weighted by Gasteiger charge is -2.45. The molecule has 1 aliphatic heterocycles. The van der Waals surface area contributed by atoms with E-state index in [1.165, 1.54) is 51.0 Å². The van der Waals surface area contributed by atoms with Gasteiger partial charge in [-0.2, -0.15) is 0 Å². The highest BCUT2D eigenvalue weighted by molar-refractivity contribution is 5.56. The summed E-state index contributed by atoms with van der Waals surface area (Å²) in [6.45, 7) is 3.55. The average molecular weight is 291 g/mol. The Balaban J connectivity index is 1.78. The molecule has 3 heteroatoms. The number of nitrogens with zero attached hydrogens (tertiary/aromatic N) is 1. The number of anilines is 1. The summed E-state index contributed by atoms with van der Waals surface area (Å²) in [5.41, 5.74) is 1.86. The quantitative estimate of drug-likeness (QED) is 0.871. The molecule has 0 aromatic heterocycles. The van der Waals surface area contributed by atoms with E-state index in [1.807, 2.05) is 6.07 Å². The van der Waals surface area contributed by atoms with E-state index in [1.54, 1.807) is 13.0 Å². The van der Waals surface area contributed by atoms with Crippen molar-refractivity contribution >= 4 is 5.69 Å². The first kappa shape index (κ1) is 14.8. The Hall–Kier alpha value is -1.09. The Bertz CT molecular complexity index is 484. The van der Waals surface area contributed by atoms with Gasteiger partial charge in [0.25, 0.3) is 0 Å². The van der Waals surface area contributed by atoms with E-state index in [-0.39, 0.29) is 5.82 Å². The van der Waals surface area contributed by atoms with Crippen molar-refractivity contribution in [3.05, 3.63) is 29.6 Å². The molecule has 21 heavy (non-hydrogen) atoms. The summed E-state index contributed by atoms with van der Waals surface area (Å²) in [6, 6.07) is 5.04. The average Bonchev–Trinajstić information content (AvgIpc) is 2.49. The molecule has 1 spiro atoms. The number of halogens is 1. The van der Waals surface area contributed by atoms with Crippen molar-refractivity contribution in [1.82, 2.24) is 0 Å². The first-order valence-corrected chi connectivity index (χ1v) is 8.33. The summed E-state index contributed by atoms with van der Waals surface area (Å²) in [5, 5.41) is 9.91. The maximum Gasteiger partial charge on any atom is 0.146 e. The van der Waals surface area contributed by atoms with E-state index in [4.69, 9.17) is 0 Å². The van der Waals surface area contributed by atoms with Crippen LogP contribution in [0.3, 0.4) is 0 Å². The van der Waals surface area contributed by atoms with Crippen molar-refractivity contribution in [2.24, 2.45) is 5.41 Å². The number of hydrogen-bond acceptors (Lipinski definition) is 2. The van der Waals surface area contributed by atoms with Crippen molar-refractivity contribution in [2.75, 3.05) is 18.0 Å². The van der Waals surface area contributed by atoms with Crippen LogP contribution < -0.4 is 4.90 Å². The van der Waals surface area contributed by atoms with Gasteiger partial charge in [-0.3, -0.25) is 0 Å². The number of aliphatic hydroxyl groups is 1. The summed E-state index contributed by atoms with van der Waals surface area (Å²) < 4.78 is 14.3. The van der Waals surface area contributed by atoms with Gasteiger partial charge in [-0.25, -0.2) is 4.39 Å². The van der Waals surface area contributed by atoms with Gasteiger partial charge in [-0.15, -0.1) is 0 Å². The first-order valence-electron chi connectivity index (χ1n) is 8.33. The third-order valence-corrected chi connectivity index (χ3v) is 5.52. The topological polar surface area (TPSA) is 23.5 Å². The van der Waals surface area contributed by atoms with Gasteiger partial charge in [-0.05, 0) is 44.1 Å². The fourth-order valence-electron chi connectivity index (χ4n) is 4.21. The Kier molecular flexibility index (Phi) is 4.21. The van der Waals surface area contributed by atoms with Crippen LogP contribution in [0.2, 0.25) is 0 Å².